The summed E-state index contributed by atoms with van der Waals surface area (Å²) in [6, 6.07) is 9.14. The van der Waals surface area contributed by atoms with Crippen LogP contribution in [0.3, 0.4) is 0 Å². The van der Waals surface area contributed by atoms with E-state index in [0.717, 1.165) is 16.9 Å². The van der Waals surface area contributed by atoms with E-state index in [1.165, 1.54) is 13.1 Å². The molecular formula is C18H12Cl2F3N3O. The van der Waals surface area contributed by atoms with E-state index in [1.54, 1.807) is 24.3 Å². The molecule has 0 saturated carbocycles. The highest BCUT2D eigenvalue weighted by Crippen LogP contribution is 2.37. The minimum atomic E-state index is -2.94. The molecule has 1 heterocycles. The predicted octanol–water partition coefficient (Wildman–Crippen LogP) is 5.72. The lowest BCUT2D eigenvalue weighted by molar-refractivity contribution is 0.101. The molecule has 0 spiro atoms. The molecule has 1 aromatic heterocycles. The number of nitrogens with zero attached hydrogens (tertiary/aromatic N) is 2. The largest absolute Gasteiger partial charge is 0.320 e. The fraction of sp³-hybridized carbons (Fsp3) is 0.111. The lowest BCUT2D eigenvalue weighted by Gasteiger charge is -2.14. The maximum Gasteiger partial charge on any atom is 0.282 e. The first-order valence-electron chi connectivity index (χ1n) is 7.65. The van der Waals surface area contributed by atoms with Crippen LogP contribution in [-0.2, 0) is 7.05 Å². The molecule has 0 aliphatic carbocycles. The van der Waals surface area contributed by atoms with Gasteiger partial charge in [-0.1, -0.05) is 35.3 Å². The summed E-state index contributed by atoms with van der Waals surface area (Å²) in [6.07, 6.45) is -1.78. The number of alkyl halides is 2. The molecule has 9 heteroatoms. The van der Waals surface area contributed by atoms with Crippen molar-refractivity contribution in [3.8, 4) is 11.1 Å². The van der Waals surface area contributed by atoms with Gasteiger partial charge in [-0.05, 0) is 29.8 Å². The molecule has 140 valence electrons. The van der Waals surface area contributed by atoms with Crippen molar-refractivity contribution in [3.05, 3.63) is 69.7 Å². The number of aryl methyl sites for hydroxylation is 1. The second-order valence-corrected chi connectivity index (χ2v) is 6.46. The summed E-state index contributed by atoms with van der Waals surface area (Å²) in [7, 11) is 1.41. The Bertz CT molecular complexity index is 1000. The molecule has 27 heavy (non-hydrogen) atoms. The van der Waals surface area contributed by atoms with Crippen LogP contribution in [0.4, 0.5) is 18.9 Å². The molecule has 3 rings (SSSR count). The van der Waals surface area contributed by atoms with E-state index >= 15 is 0 Å². The van der Waals surface area contributed by atoms with E-state index in [9.17, 15) is 18.0 Å². The second-order valence-electron chi connectivity index (χ2n) is 5.65. The first kappa shape index (κ1) is 19.3. The lowest BCUT2D eigenvalue weighted by atomic mass is 10.0. The molecule has 0 bridgehead atoms. The van der Waals surface area contributed by atoms with Crippen LogP contribution >= 0.6 is 23.2 Å². The van der Waals surface area contributed by atoms with Crippen LogP contribution in [0.25, 0.3) is 11.1 Å². The van der Waals surface area contributed by atoms with Gasteiger partial charge >= 0.3 is 0 Å². The number of benzene rings is 2. The Morgan fingerprint density at radius 3 is 2.44 bits per heavy atom. The van der Waals surface area contributed by atoms with Crippen LogP contribution in [0.15, 0.2) is 42.6 Å². The van der Waals surface area contributed by atoms with Gasteiger partial charge < -0.3 is 5.32 Å². The van der Waals surface area contributed by atoms with Gasteiger partial charge in [0, 0.05) is 23.8 Å². The zero-order valence-electron chi connectivity index (χ0n) is 13.8. The topological polar surface area (TPSA) is 46.9 Å². The molecule has 3 aromatic rings. The van der Waals surface area contributed by atoms with Gasteiger partial charge in [0.2, 0.25) is 0 Å². The summed E-state index contributed by atoms with van der Waals surface area (Å²) in [4.78, 5) is 12.6. The summed E-state index contributed by atoms with van der Waals surface area (Å²) in [5.74, 6) is -1.63. The SMILES string of the molecule is Cn1cc(C(=O)Nc2c(-c3ccc(Cl)cc3)ccc(F)c2Cl)c(C(F)F)n1. The molecule has 2 aromatic carbocycles. The molecule has 0 aliphatic rings. The summed E-state index contributed by atoms with van der Waals surface area (Å²) >= 11 is 11.9. The summed E-state index contributed by atoms with van der Waals surface area (Å²) < 4.78 is 41.3. The van der Waals surface area contributed by atoms with E-state index in [-0.39, 0.29) is 16.3 Å². The van der Waals surface area contributed by atoms with Crippen molar-refractivity contribution in [1.29, 1.82) is 0 Å². The van der Waals surface area contributed by atoms with Crippen molar-refractivity contribution in [2.24, 2.45) is 7.05 Å². The van der Waals surface area contributed by atoms with E-state index in [1.807, 2.05) is 0 Å². The quantitative estimate of drug-likeness (QED) is 0.594. The summed E-state index contributed by atoms with van der Waals surface area (Å²) in [5, 5.41) is 6.17. The molecule has 1 N–H and O–H groups in total. The van der Waals surface area contributed by atoms with E-state index < -0.39 is 23.8 Å². The van der Waals surface area contributed by atoms with Crippen LogP contribution in [0.2, 0.25) is 10.0 Å². The van der Waals surface area contributed by atoms with Crippen LogP contribution in [0, 0.1) is 5.82 Å². The number of anilines is 1. The number of halogens is 5. The molecule has 1 amide bonds. The first-order chi connectivity index (χ1) is 12.8. The molecule has 0 aliphatic heterocycles. The highest BCUT2D eigenvalue weighted by Gasteiger charge is 2.24. The zero-order valence-corrected chi connectivity index (χ0v) is 15.3. The van der Waals surface area contributed by atoms with Gasteiger partial charge in [0.05, 0.1) is 11.3 Å². The van der Waals surface area contributed by atoms with E-state index in [2.05, 4.69) is 10.4 Å². The van der Waals surface area contributed by atoms with Gasteiger partial charge in [-0.2, -0.15) is 5.10 Å². The van der Waals surface area contributed by atoms with Gasteiger partial charge in [0.15, 0.2) is 0 Å². The van der Waals surface area contributed by atoms with Crippen molar-refractivity contribution in [2.45, 2.75) is 6.43 Å². The molecule has 0 atom stereocenters. The third-order valence-corrected chi connectivity index (χ3v) is 4.42. The van der Waals surface area contributed by atoms with E-state index in [0.29, 0.717) is 16.1 Å². The Morgan fingerprint density at radius 2 is 1.81 bits per heavy atom. The molecule has 0 radical (unpaired) electrons. The van der Waals surface area contributed by atoms with Gasteiger partial charge in [0.1, 0.15) is 16.5 Å². The first-order valence-corrected chi connectivity index (χ1v) is 8.40. The number of hydrogen-bond acceptors (Lipinski definition) is 2. The maximum absolute atomic E-state index is 14.0. The number of carbonyl (C=O) groups excluding carboxylic acids is 1. The molecule has 0 unspecified atom stereocenters. The van der Waals surface area contributed by atoms with Gasteiger partial charge in [0.25, 0.3) is 12.3 Å². The standard InChI is InChI=1S/C18H12Cl2F3N3O/c1-26-8-12(16(25-26)17(22)23)18(27)24-15-11(6-7-13(21)14(15)20)9-2-4-10(19)5-3-9/h2-8,17H,1H3,(H,24,27). The average Bonchev–Trinajstić information content (AvgIpc) is 3.02. The van der Waals surface area contributed by atoms with Crippen molar-refractivity contribution in [3.63, 3.8) is 0 Å². The van der Waals surface area contributed by atoms with Gasteiger partial charge in [-0.15, -0.1) is 0 Å². The van der Waals surface area contributed by atoms with Crippen LogP contribution in [0.1, 0.15) is 22.5 Å². The Kier molecular flexibility index (Phi) is 5.43. The number of aromatic nitrogens is 2. The van der Waals surface area contributed by atoms with Crippen molar-refractivity contribution < 1.29 is 18.0 Å². The van der Waals surface area contributed by atoms with Crippen LogP contribution in [0.5, 0.6) is 0 Å². The zero-order chi connectivity index (χ0) is 19.7. The Morgan fingerprint density at radius 1 is 1.15 bits per heavy atom. The lowest BCUT2D eigenvalue weighted by Crippen LogP contribution is -2.15. The fourth-order valence-corrected chi connectivity index (χ4v) is 2.90. The molecule has 0 saturated heterocycles. The fourth-order valence-electron chi connectivity index (χ4n) is 2.57. The van der Waals surface area contributed by atoms with E-state index in [4.69, 9.17) is 23.2 Å². The number of amides is 1. The second kappa shape index (κ2) is 7.62. The number of hydrogen-bond donors (Lipinski definition) is 1. The molecular weight excluding hydrogens is 402 g/mol. The summed E-state index contributed by atoms with van der Waals surface area (Å²) in [5.41, 5.74) is -0.00992. The van der Waals surface area contributed by atoms with Crippen molar-refractivity contribution in [2.75, 3.05) is 5.32 Å². The third kappa shape index (κ3) is 3.94. The number of carbonyl (C=O) groups is 1. The van der Waals surface area contributed by atoms with Gasteiger partial charge in [-0.3, -0.25) is 9.48 Å². The molecule has 4 nitrogen and oxygen atoms in total. The molecule has 0 fully saturated rings. The third-order valence-electron chi connectivity index (χ3n) is 3.80. The van der Waals surface area contributed by atoms with Crippen LogP contribution < -0.4 is 5.32 Å². The predicted molar refractivity (Wildman–Crippen MR) is 98.0 cm³/mol. The number of nitrogens with one attached hydrogen (secondary N) is 1. The minimum Gasteiger partial charge on any atom is -0.320 e. The van der Waals surface area contributed by atoms with Crippen LogP contribution in [-0.4, -0.2) is 15.7 Å². The Balaban J connectivity index is 2.05. The number of rotatable bonds is 4. The minimum absolute atomic E-state index is 0.0342. The Hall–Kier alpha value is -2.51. The van der Waals surface area contributed by atoms with Gasteiger partial charge in [-0.25, -0.2) is 13.2 Å². The van der Waals surface area contributed by atoms with Crippen molar-refractivity contribution in [1.82, 2.24) is 9.78 Å². The monoisotopic (exact) mass is 413 g/mol. The summed E-state index contributed by atoms with van der Waals surface area (Å²) in [6.45, 7) is 0. The maximum atomic E-state index is 14.0. The van der Waals surface area contributed by atoms with Crippen molar-refractivity contribution >= 4 is 34.8 Å². The highest BCUT2D eigenvalue weighted by molar-refractivity contribution is 6.35. The highest BCUT2D eigenvalue weighted by atomic mass is 35.5. The normalized spacial score (nSPS) is 11.1. The Labute approximate surface area is 162 Å². The smallest absolute Gasteiger partial charge is 0.282 e. The average molecular weight is 414 g/mol.